The van der Waals surface area contributed by atoms with Gasteiger partial charge in [0.05, 0.1) is 29.2 Å². The van der Waals surface area contributed by atoms with Crippen LogP contribution in [0.15, 0.2) is 28.8 Å². The topological polar surface area (TPSA) is 83.8 Å². The average molecular weight is 298 g/mol. The zero-order valence-corrected chi connectivity index (χ0v) is 12.8. The van der Waals surface area contributed by atoms with Crippen molar-refractivity contribution in [2.45, 2.75) is 33.2 Å². The Morgan fingerprint density at radius 1 is 1.36 bits per heavy atom. The normalized spacial score (nSPS) is 12.5. The molecule has 0 aliphatic heterocycles. The van der Waals surface area contributed by atoms with Crippen molar-refractivity contribution in [3.63, 3.8) is 0 Å². The van der Waals surface area contributed by atoms with Gasteiger partial charge in [0.15, 0.2) is 0 Å². The van der Waals surface area contributed by atoms with Crippen molar-refractivity contribution in [1.29, 1.82) is 0 Å². The zero-order valence-electron chi connectivity index (χ0n) is 12.8. The van der Waals surface area contributed by atoms with Crippen molar-refractivity contribution in [3.05, 3.63) is 47.1 Å². The number of aryl methyl sites for hydroxylation is 2. The maximum absolute atomic E-state index is 12.0. The summed E-state index contributed by atoms with van der Waals surface area (Å²) < 4.78 is 5.05. The quantitative estimate of drug-likeness (QED) is 0.775. The van der Waals surface area contributed by atoms with Gasteiger partial charge in [-0.2, -0.15) is 0 Å². The number of benzene rings is 1. The molecule has 0 fully saturated rings. The number of aromatic amines is 1. The molecule has 0 aliphatic rings. The number of fused-ring (bicyclic) bond motifs is 1. The summed E-state index contributed by atoms with van der Waals surface area (Å²) in [6, 6.07) is 7.58. The molecule has 2 heterocycles. The first-order valence-electron chi connectivity index (χ1n) is 7.19. The monoisotopic (exact) mass is 298 g/mol. The Labute approximate surface area is 127 Å². The lowest BCUT2D eigenvalue weighted by atomic mass is 10.2. The van der Waals surface area contributed by atoms with Gasteiger partial charge in [0.1, 0.15) is 11.6 Å². The molecule has 0 unspecified atom stereocenters. The van der Waals surface area contributed by atoms with Crippen LogP contribution in [-0.2, 0) is 11.2 Å². The van der Waals surface area contributed by atoms with E-state index in [1.165, 1.54) is 5.56 Å². The van der Waals surface area contributed by atoms with Crippen LogP contribution in [0.5, 0.6) is 0 Å². The van der Waals surface area contributed by atoms with E-state index in [1.54, 1.807) is 6.07 Å². The first-order chi connectivity index (χ1) is 10.5. The van der Waals surface area contributed by atoms with Crippen molar-refractivity contribution in [2.75, 3.05) is 0 Å². The van der Waals surface area contributed by atoms with Crippen molar-refractivity contribution in [2.24, 2.45) is 0 Å². The fraction of sp³-hybridized carbons (Fsp3) is 0.312. The van der Waals surface area contributed by atoms with E-state index in [1.807, 2.05) is 39.0 Å². The molecule has 0 spiro atoms. The number of carbonyl (C=O) groups excluding carboxylic acids is 1. The minimum atomic E-state index is -0.204. The van der Waals surface area contributed by atoms with Gasteiger partial charge in [0.2, 0.25) is 5.91 Å². The largest absolute Gasteiger partial charge is 0.361 e. The highest BCUT2D eigenvalue weighted by atomic mass is 16.5. The molecule has 3 rings (SSSR count). The summed E-state index contributed by atoms with van der Waals surface area (Å²) in [5, 5.41) is 6.68. The number of rotatable bonds is 4. The van der Waals surface area contributed by atoms with Crippen LogP contribution in [0.1, 0.15) is 35.8 Å². The molecule has 22 heavy (non-hydrogen) atoms. The van der Waals surface area contributed by atoms with Crippen LogP contribution in [0.2, 0.25) is 0 Å². The predicted molar refractivity (Wildman–Crippen MR) is 82.3 cm³/mol. The lowest BCUT2D eigenvalue weighted by molar-refractivity contribution is -0.121. The van der Waals surface area contributed by atoms with E-state index in [9.17, 15) is 4.79 Å². The molecule has 1 aromatic carbocycles. The summed E-state index contributed by atoms with van der Waals surface area (Å²) in [6.45, 7) is 5.75. The molecule has 2 N–H and O–H groups in total. The smallest absolute Gasteiger partial charge is 0.228 e. The Balaban J connectivity index is 1.69. The maximum atomic E-state index is 12.0. The number of H-pyrrole nitrogens is 1. The maximum Gasteiger partial charge on any atom is 0.228 e. The van der Waals surface area contributed by atoms with Gasteiger partial charge in [-0.05, 0) is 38.5 Å². The average Bonchev–Trinajstić information content (AvgIpc) is 3.04. The van der Waals surface area contributed by atoms with Gasteiger partial charge < -0.3 is 14.8 Å². The Bertz CT molecular complexity index is 819. The summed E-state index contributed by atoms with van der Waals surface area (Å²) >= 11 is 0. The van der Waals surface area contributed by atoms with Crippen molar-refractivity contribution < 1.29 is 9.32 Å². The summed E-state index contributed by atoms with van der Waals surface area (Å²) in [7, 11) is 0. The van der Waals surface area contributed by atoms with Crippen molar-refractivity contribution in [1.82, 2.24) is 20.4 Å². The second-order valence-electron chi connectivity index (χ2n) is 5.54. The minimum Gasteiger partial charge on any atom is -0.361 e. The number of amides is 1. The Hall–Kier alpha value is -2.63. The fourth-order valence-corrected chi connectivity index (χ4v) is 2.37. The minimum absolute atomic E-state index is 0.125. The van der Waals surface area contributed by atoms with E-state index < -0.39 is 0 Å². The van der Waals surface area contributed by atoms with Crippen LogP contribution >= 0.6 is 0 Å². The number of nitrogens with one attached hydrogen (secondary N) is 2. The Morgan fingerprint density at radius 3 is 2.91 bits per heavy atom. The zero-order chi connectivity index (χ0) is 15.7. The third kappa shape index (κ3) is 3.00. The SMILES string of the molecule is Cc1ccc2nc([C@H](C)NC(=O)Cc3cc(C)no3)[nH]c2c1. The second-order valence-corrected chi connectivity index (χ2v) is 5.54. The predicted octanol–water partition coefficient (Wildman–Crippen LogP) is 2.59. The highest BCUT2D eigenvalue weighted by Gasteiger charge is 2.15. The van der Waals surface area contributed by atoms with Crippen LogP contribution in [0.3, 0.4) is 0 Å². The van der Waals surface area contributed by atoms with Gasteiger partial charge in [-0.1, -0.05) is 11.2 Å². The van der Waals surface area contributed by atoms with E-state index in [-0.39, 0.29) is 18.4 Å². The van der Waals surface area contributed by atoms with Gasteiger partial charge >= 0.3 is 0 Å². The Kier molecular flexibility index (Phi) is 3.66. The molecule has 0 radical (unpaired) electrons. The first-order valence-corrected chi connectivity index (χ1v) is 7.19. The highest BCUT2D eigenvalue weighted by molar-refractivity contribution is 5.79. The number of carbonyl (C=O) groups is 1. The summed E-state index contributed by atoms with van der Waals surface area (Å²) in [5.74, 6) is 1.17. The standard InChI is InChI=1S/C16H18N4O2/c1-9-4-5-13-14(6-9)19-16(18-13)11(3)17-15(21)8-12-7-10(2)20-22-12/h4-7,11H,8H2,1-3H3,(H,17,21)(H,18,19)/t11-/m0/s1. The number of imidazole rings is 1. The molecular weight excluding hydrogens is 280 g/mol. The first kappa shape index (κ1) is 14.3. The molecule has 6 nitrogen and oxygen atoms in total. The second kappa shape index (κ2) is 5.63. The van der Waals surface area contributed by atoms with Gasteiger partial charge in [0.25, 0.3) is 0 Å². The molecule has 2 aromatic heterocycles. The number of nitrogens with zero attached hydrogens (tertiary/aromatic N) is 2. The van der Waals surface area contributed by atoms with E-state index in [4.69, 9.17) is 4.52 Å². The third-order valence-electron chi connectivity index (χ3n) is 3.45. The third-order valence-corrected chi connectivity index (χ3v) is 3.45. The van der Waals surface area contributed by atoms with Gasteiger partial charge in [-0.25, -0.2) is 4.98 Å². The van der Waals surface area contributed by atoms with Crippen molar-refractivity contribution in [3.8, 4) is 0 Å². The molecule has 0 aliphatic carbocycles. The molecule has 3 aromatic rings. The number of aromatic nitrogens is 3. The van der Waals surface area contributed by atoms with E-state index >= 15 is 0 Å². The summed E-state index contributed by atoms with van der Waals surface area (Å²) in [4.78, 5) is 19.8. The van der Waals surface area contributed by atoms with Crippen LogP contribution in [0.4, 0.5) is 0 Å². The van der Waals surface area contributed by atoms with Gasteiger partial charge in [-0.3, -0.25) is 4.79 Å². The molecule has 1 amide bonds. The summed E-state index contributed by atoms with van der Waals surface area (Å²) in [5.41, 5.74) is 3.80. The lowest BCUT2D eigenvalue weighted by Gasteiger charge is -2.10. The number of hydrogen-bond acceptors (Lipinski definition) is 4. The molecule has 6 heteroatoms. The summed E-state index contributed by atoms with van der Waals surface area (Å²) in [6.07, 6.45) is 0.171. The fourth-order valence-electron chi connectivity index (χ4n) is 2.37. The molecule has 0 saturated heterocycles. The number of hydrogen-bond donors (Lipinski definition) is 2. The molecule has 0 saturated carbocycles. The molecule has 114 valence electrons. The Morgan fingerprint density at radius 2 is 2.18 bits per heavy atom. The van der Waals surface area contributed by atoms with E-state index in [0.29, 0.717) is 5.76 Å². The van der Waals surface area contributed by atoms with Gasteiger partial charge in [0, 0.05) is 6.07 Å². The van der Waals surface area contributed by atoms with E-state index in [2.05, 4.69) is 20.4 Å². The van der Waals surface area contributed by atoms with Crippen LogP contribution in [0.25, 0.3) is 11.0 Å². The van der Waals surface area contributed by atoms with E-state index in [0.717, 1.165) is 22.6 Å². The van der Waals surface area contributed by atoms with Gasteiger partial charge in [-0.15, -0.1) is 0 Å². The van der Waals surface area contributed by atoms with Crippen molar-refractivity contribution >= 4 is 16.9 Å². The van der Waals surface area contributed by atoms with Crippen LogP contribution in [0, 0.1) is 13.8 Å². The molecule has 1 atom stereocenters. The molecule has 0 bridgehead atoms. The van der Waals surface area contributed by atoms with Crippen LogP contribution in [-0.4, -0.2) is 21.0 Å². The van der Waals surface area contributed by atoms with Crippen LogP contribution < -0.4 is 5.32 Å². The highest BCUT2D eigenvalue weighted by Crippen LogP contribution is 2.17. The molecular formula is C16H18N4O2. The lowest BCUT2D eigenvalue weighted by Crippen LogP contribution is -2.28.